The van der Waals surface area contributed by atoms with E-state index >= 15 is 0 Å². The smallest absolute Gasteiger partial charge is 0.273 e. The van der Waals surface area contributed by atoms with E-state index in [9.17, 15) is 4.79 Å². The molecule has 1 saturated carbocycles. The number of fused-ring (bicyclic) bond motifs is 1. The summed E-state index contributed by atoms with van der Waals surface area (Å²) in [5.74, 6) is 1.11. The summed E-state index contributed by atoms with van der Waals surface area (Å²) in [5, 5.41) is 11.1. The zero-order valence-electron chi connectivity index (χ0n) is 13.5. The van der Waals surface area contributed by atoms with Gasteiger partial charge in [0, 0.05) is 37.0 Å². The molecule has 1 aliphatic carbocycles. The molecule has 0 bridgehead atoms. The Morgan fingerprint density at radius 3 is 3.12 bits per heavy atom. The normalized spacial score (nSPS) is 14.2. The first-order valence-corrected chi connectivity index (χ1v) is 8.25. The van der Waals surface area contributed by atoms with Crippen LogP contribution in [0, 0.1) is 6.92 Å². The van der Waals surface area contributed by atoms with Crippen molar-refractivity contribution in [3.05, 3.63) is 47.2 Å². The summed E-state index contributed by atoms with van der Waals surface area (Å²) in [7, 11) is 0. The predicted molar refractivity (Wildman–Crippen MR) is 86.9 cm³/mol. The number of carbonyl (C=O) groups excluding carboxylic acids is 1. The van der Waals surface area contributed by atoms with Crippen molar-refractivity contribution in [3.8, 4) is 0 Å². The first-order chi connectivity index (χ1) is 11.7. The zero-order valence-corrected chi connectivity index (χ0v) is 13.5. The second-order valence-electron chi connectivity index (χ2n) is 6.30. The summed E-state index contributed by atoms with van der Waals surface area (Å²) in [6.07, 6.45) is 7.75. The number of nitrogens with one attached hydrogen (secondary N) is 1. The van der Waals surface area contributed by atoms with Gasteiger partial charge in [-0.15, -0.1) is 0 Å². The summed E-state index contributed by atoms with van der Waals surface area (Å²) in [6, 6.07) is 3.70. The van der Waals surface area contributed by atoms with Crippen LogP contribution >= 0.6 is 0 Å². The molecule has 1 N–H and O–H groups in total. The molecule has 7 nitrogen and oxygen atoms in total. The van der Waals surface area contributed by atoms with E-state index in [1.54, 1.807) is 10.6 Å². The van der Waals surface area contributed by atoms with E-state index in [0.29, 0.717) is 18.2 Å². The van der Waals surface area contributed by atoms with Gasteiger partial charge in [0.05, 0.1) is 5.69 Å². The highest BCUT2D eigenvalue weighted by atomic mass is 16.5. The highest BCUT2D eigenvalue weighted by molar-refractivity contribution is 5.92. The maximum atomic E-state index is 12.0. The van der Waals surface area contributed by atoms with Crippen LogP contribution in [0.15, 0.2) is 29.0 Å². The Balaban J connectivity index is 1.27. The summed E-state index contributed by atoms with van der Waals surface area (Å²) >= 11 is 0. The molecule has 7 heteroatoms. The standard InChI is InChI=1S/C17H19N5O2/c1-11-7-16-19-9-12(10-22(16)20-11)3-2-6-18-17(23)14-8-15(24-21-14)13-4-5-13/h7-10,13H,2-6H2,1H3,(H,18,23). The summed E-state index contributed by atoms with van der Waals surface area (Å²) < 4.78 is 6.99. The van der Waals surface area contributed by atoms with Gasteiger partial charge in [-0.25, -0.2) is 9.50 Å². The fourth-order valence-electron chi connectivity index (χ4n) is 2.70. The van der Waals surface area contributed by atoms with Gasteiger partial charge in [-0.3, -0.25) is 4.79 Å². The molecule has 3 aromatic rings. The van der Waals surface area contributed by atoms with Gasteiger partial charge in [-0.2, -0.15) is 5.10 Å². The third-order valence-electron chi connectivity index (χ3n) is 4.16. The van der Waals surface area contributed by atoms with Gasteiger partial charge in [0.15, 0.2) is 11.3 Å². The molecule has 0 saturated heterocycles. The fraction of sp³-hybridized carbons (Fsp3) is 0.412. The molecule has 24 heavy (non-hydrogen) atoms. The molecule has 0 radical (unpaired) electrons. The van der Waals surface area contributed by atoms with Crippen molar-refractivity contribution in [3.63, 3.8) is 0 Å². The van der Waals surface area contributed by atoms with Crippen LogP contribution in [0.25, 0.3) is 5.65 Å². The van der Waals surface area contributed by atoms with E-state index in [1.165, 1.54) is 0 Å². The Hall–Kier alpha value is -2.70. The second kappa shape index (κ2) is 6.07. The van der Waals surface area contributed by atoms with Crippen LogP contribution in [0.4, 0.5) is 0 Å². The SMILES string of the molecule is Cc1cc2ncc(CCCNC(=O)c3cc(C4CC4)on3)cn2n1. The molecule has 0 aromatic carbocycles. The van der Waals surface area contributed by atoms with E-state index in [4.69, 9.17) is 4.52 Å². The van der Waals surface area contributed by atoms with Crippen molar-refractivity contribution in [2.45, 2.75) is 38.5 Å². The minimum atomic E-state index is -0.179. The quantitative estimate of drug-likeness (QED) is 0.703. The maximum Gasteiger partial charge on any atom is 0.273 e. The number of aromatic nitrogens is 4. The average Bonchev–Trinajstić information content (AvgIpc) is 3.17. The average molecular weight is 325 g/mol. The third kappa shape index (κ3) is 3.15. The molecule has 3 heterocycles. The number of carbonyl (C=O) groups is 1. The lowest BCUT2D eigenvalue weighted by Gasteiger charge is -2.03. The molecule has 0 spiro atoms. The molecule has 4 rings (SSSR count). The Morgan fingerprint density at radius 1 is 1.42 bits per heavy atom. The molecule has 0 unspecified atom stereocenters. The molecular weight excluding hydrogens is 306 g/mol. The predicted octanol–water partition coefficient (Wildman–Crippen LogP) is 2.27. The van der Waals surface area contributed by atoms with Crippen molar-refractivity contribution in [2.24, 2.45) is 0 Å². The Morgan fingerprint density at radius 2 is 2.29 bits per heavy atom. The Labute approximate surface area is 139 Å². The van der Waals surface area contributed by atoms with Gasteiger partial charge in [-0.05, 0) is 38.2 Å². The Kier molecular flexibility index (Phi) is 3.76. The number of aryl methyl sites for hydroxylation is 2. The molecule has 3 aromatic heterocycles. The minimum absolute atomic E-state index is 0.179. The van der Waals surface area contributed by atoms with E-state index < -0.39 is 0 Å². The van der Waals surface area contributed by atoms with Gasteiger partial charge in [0.1, 0.15) is 5.76 Å². The summed E-state index contributed by atoms with van der Waals surface area (Å²) in [6.45, 7) is 2.53. The van der Waals surface area contributed by atoms with Crippen molar-refractivity contribution < 1.29 is 9.32 Å². The van der Waals surface area contributed by atoms with Gasteiger partial charge >= 0.3 is 0 Å². The highest BCUT2D eigenvalue weighted by Gasteiger charge is 2.28. The zero-order chi connectivity index (χ0) is 16.5. The molecule has 1 fully saturated rings. The first-order valence-electron chi connectivity index (χ1n) is 8.25. The van der Waals surface area contributed by atoms with Crippen LogP contribution < -0.4 is 5.32 Å². The molecule has 1 amide bonds. The van der Waals surface area contributed by atoms with Crippen molar-refractivity contribution >= 4 is 11.6 Å². The lowest BCUT2D eigenvalue weighted by Crippen LogP contribution is -2.25. The second-order valence-corrected chi connectivity index (χ2v) is 6.30. The van der Waals surface area contributed by atoms with Gasteiger partial charge < -0.3 is 9.84 Å². The number of nitrogens with zero attached hydrogens (tertiary/aromatic N) is 4. The van der Waals surface area contributed by atoms with E-state index in [0.717, 1.165) is 48.3 Å². The lowest BCUT2D eigenvalue weighted by atomic mass is 10.2. The largest absolute Gasteiger partial charge is 0.360 e. The van der Waals surface area contributed by atoms with E-state index in [1.807, 2.05) is 25.4 Å². The molecule has 0 aliphatic heterocycles. The maximum absolute atomic E-state index is 12.0. The van der Waals surface area contributed by atoms with Crippen LogP contribution in [-0.4, -0.2) is 32.2 Å². The van der Waals surface area contributed by atoms with Crippen LogP contribution in [0.1, 0.15) is 52.7 Å². The fourth-order valence-corrected chi connectivity index (χ4v) is 2.70. The number of rotatable bonds is 6. The molecule has 0 atom stereocenters. The van der Waals surface area contributed by atoms with Crippen molar-refractivity contribution in [1.82, 2.24) is 25.1 Å². The topological polar surface area (TPSA) is 85.3 Å². The summed E-state index contributed by atoms with van der Waals surface area (Å²) in [4.78, 5) is 16.4. The number of hydrogen-bond acceptors (Lipinski definition) is 5. The van der Waals surface area contributed by atoms with Crippen LogP contribution in [-0.2, 0) is 6.42 Å². The first kappa shape index (κ1) is 14.9. The van der Waals surface area contributed by atoms with Crippen molar-refractivity contribution in [1.29, 1.82) is 0 Å². The van der Waals surface area contributed by atoms with Gasteiger partial charge in [0.25, 0.3) is 5.91 Å². The number of amides is 1. The van der Waals surface area contributed by atoms with E-state index in [-0.39, 0.29) is 5.91 Å². The van der Waals surface area contributed by atoms with Gasteiger partial charge in [0.2, 0.25) is 0 Å². The molecule has 1 aliphatic rings. The van der Waals surface area contributed by atoms with Crippen LogP contribution in [0.3, 0.4) is 0 Å². The van der Waals surface area contributed by atoms with Crippen LogP contribution in [0.2, 0.25) is 0 Å². The third-order valence-corrected chi connectivity index (χ3v) is 4.16. The monoisotopic (exact) mass is 325 g/mol. The van der Waals surface area contributed by atoms with Gasteiger partial charge in [-0.1, -0.05) is 5.16 Å². The molecule has 124 valence electrons. The van der Waals surface area contributed by atoms with Crippen molar-refractivity contribution in [2.75, 3.05) is 6.54 Å². The lowest BCUT2D eigenvalue weighted by molar-refractivity contribution is 0.0944. The molecular formula is C17H19N5O2. The summed E-state index contributed by atoms with van der Waals surface area (Å²) in [5.41, 5.74) is 3.26. The number of hydrogen-bond donors (Lipinski definition) is 1. The van der Waals surface area contributed by atoms with Crippen LogP contribution in [0.5, 0.6) is 0 Å². The minimum Gasteiger partial charge on any atom is -0.360 e. The van der Waals surface area contributed by atoms with E-state index in [2.05, 4.69) is 20.6 Å². The Bertz CT molecular complexity index is 878. The highest BCUT2D eigenvalue weighted by Crippen LogP contribution is 2.40.